The molecule has 4 rings (SSSR count). The summed E-state index contributed by atoms with van der Waals surface area (Å²) in [4.78, 5) is 24.8. The summed E-state index contributed by atoms with van der Waals surface area (Å²) in [5.74, 6) is 1.90. The zero-order chi connectivity index (χ0) is 20.6. The molecule has 148 valence electrons. The second kappa shape index (κ2) is 7.09. The van der Waals surface area contributed by atoms with Gasteiger partial charge in [-0.2, -0.15) is 0 Å². The summed E-state index contributed by atoms with van der Waals surface area (Å²) >= 11 is 0. The molecule has 0 aliphatic rings. The normalized spacial score (nSPS) is 11.6. The third-order valence-electron chi connectivity index (χ3n) is 4.03. The minimum atomic E-state index is -3.47. The fourth-order valence-corrected chi connectivity index (χ4v) is 3.55. The molecule has 0 amide bonds. The third kappa shape index (κ3) is 3.99. The van der Waals surface area contributed by atoms with E-state index in [1.807, 2.05) is 13.8 Å². The van der Waals surface area contributed by atoms with E-state index in [9.17, 15) is 8.42 Å². The second-order valence-electron chi connectivity index (χ2n) is 6.49. The van der Waals surface area contributed by atoms with E-state index in [2.05, 4.69) is 40.5 Å². The number of imidazole rings is 1. The van der Waals surface area contributed by atoms with Crippen LogP contribution in [0.4, 0.5) is 23.1 Å². The lowest BCUT2D eigenvalue weighted by atomic mass is 10.3. The Balaban J connectivity index is 1.79. The first-order valence-electron chi connectivity index (χ1n) is 8.65. The molecule has 0 radical (unpaired) electrons. The molecule has 4 aromatic heterocycles. The van der Waals surface area contributed by atoms with E-state index < -0.39 is 9.84 Å². The number of fused-ring (bicyclic) bond motifs is 1. The number of nitrogens with zero attached hydrogens (tertiary/aromatic N) is 5. The van der Waals surface area contributed by atoms with Crippen LogP contribution in [0.1, 0.15) is 11.5 Å². The van der Waals surface area contributed by atoms with Crippen molar-refractivity contribution in [3.8, 4) is 0 Å². The summed E-state index contributed by atoms with van der Waals surface area (Å²) in [6, 6.07) is 4.79. The first kappa shape index (κ1) is 18.7. The molecule has 0 aliphatic carbocycles. The minimum Gasteiger partial charge on any atom is -0.337 e. The SMILES string of the molecule is Cc1cnc(Nc2cc(Nc3ncccc3S(C)(=O)=O)c3nc(C)[nH]c3n2)cn1. The summed E-state index contributed by atoms with van der Waals surface area (Å²) in [6.45, 7) is 3.66. The maximum absolute atomic E-state index is 12.1. The highest BCUT2D eigenvalue weighted by molar-refractivity contribution is 7.90. The Morgan fingerprint density at radius 1 is 1.00 bits per heavy atom. The maximum atomic E-state index is 12.1. The predicted molar refractivity (Wildman–Crippen MR) is 109 cm³/mol. The number of H-pyrrole nitrogens is 1. The van der Waals surface area contributed by atoms with Gasteiger partial charge in [-0.15, -0.1) is 0 Å². The first-order chi connectivity index (χ1) is 13.8. The molecule has 4 aromatic rings. The number of nitrogens with one attached hydrogen (secondary N) is 3. The van der Waals surface area contributed by atoms with Crippen LogP contribution in [0.5, 0.6) is 0 Å². The van der Waals surface area contributed by atoms with Gasteiger partial charge in [-0.1, -0.05) is 0 Å². The van der Waals surface area contributed by atoms with Crippen LogP contribution in [-0.4, -0.2) is 44.6 Å². The molecular formula is C18H18N8O2S. The summed E-state index contributed by atoms with van der Waals surface area (Å²) in [5.41, 5.74) is 2.44. The Kier molecular flexibility index (Phi) is 4.59. The van der Waals surface area contributed by atoms with Crippen LogP contribution in [0.15, 0.2) is 41.7 Å². The standard InChI is InChI=1S/C18H18N8O2S/c1-10-8-21-15(9-20-10)25-14-7-12(16-18(26-14)23-11(2)22-16)24-17-13(29(3,27)28)5-4-6-19-17/h4-9H,1-3H3,(H3,19,21,22,23,24,25,26). The number of hydrogen-bond acceptors (Lipinski definition) is 9. The maximum Gasteiger partial charge on any atom is 0.179 e. The molecule has 29 heavy (non-hydrogen) atoms. The minimum absolute atomic E-state index is 0.0936. The van der Waals surface area contributed by atoms with Crippen LogP contribution in [0.3, 0.4) is 0 Å². The van der Waals surface area contributed by atoms with E-state index in [0.29, 0.717) is 34.3 Å². The number of aromatic nitrogens is 6. The highest BCUT2D eigenvalue weighted by Crippen LogP contribution is 2.29. The fourth-order valence-electron chi connectivity index (χ4n) is 2.76. The number of aromatic amines is 1. The molecule has 0 atom stereocenters. The van der Waals surface area contributed by atoms with Gasteiger partial charge in [-0.3, -0.25) is 4.98 Å². The van der Waals surface area contributed by atoms with E-state index in [1.165, 1.54) is 12.3 Å². The van der Waals surface area contributed by atoms with Gasteiger partial charge in [0.25, 0.3) is 0 Å². The van der Waals surface area contributed by atoms with Gasteiger partial charge in [0.2, 0.25) is 0 Å². The molecule has 0 fully saturated rings. The van der Waals surface area contributed by atoms with Crippen LogP contribution < -0.4 is 10.6 Å². The Hall–Kier alpha value is -3.60. The summed E-state index contributed by atoms with van der Waals surface area (Å²) in [5, 5.41) is 6.17. The Bertz CT molecular complexity index is 1300. The van der Waals surface area contributed by atoms with Crippen molar-refractivity contribution >= 4 is 44.1 Å². The van der Waals surface area contributed by atoms with Crippen molar-refractivity contribution in [2.24, 2.45) is 0 Å². The molecule has 0 spiro atoms. The van der Waals surface area contributed by atoms with Crippen molar-refractivity contribution in [2.75, 3.05) is 16.9 Å². The molecule has 0 aromatic carbocycles. The molecule has 10 nitrogen and oxygen atoms in total. The quantitative estimate of drug-likeness (QED) is 0.453. The molecule has 0 aliphatic heterocycles. The van der Waals surface area contributed by atoms with Gasteiger partial charge in [0.05, 0.1) is 23.8 Å². The monoisotopic (exact) mass is 410 g/mol. The number of hydrogen-bond donors (Lipinski definition) is 3. The first-order valence-corrected chi connectivity index (χ1v) is 10.5. The Morgan fingerprint density at radius 3 is 2.55 bits per heavy atom. The summed E-state index contributed by atoms with van der Waals surface area (Å²) in [7, 11) is -3.47. The second-order valence-corrected chi connectivity index (χ2v) is 8.47. The molecule has 4 heterocycles. The van der Waals surface area contributed by atoms with Gasteiger partial charge in [-0.05, 0) is 26.0 Å². The number of rotatable bonds is 5. The highest BCUT2D eigenvalue weighted by Gasteiger charge is 2.17. The largest absolute Gasteiger partial charge is 0.337 e. The van der Waals surface area contributed by atoms with Crippen molar-refractivity contribution in [3.63, 3.8) is 0 Å². The van der Waals surface area contributed by atoms with E-state index in [-0.39, 0.29) is 10.7 Å². The van der Waals surface area contributed by atoms with E-state index >= 15 is 0 Å². The third-order valence-corrected chi connectivity index (χ3v) is 5.16. The van der Waals surface area contributed by atoms with Gasteiger partial charge >= 0.3 is 0 Å². The lowest BCUT2D eigenvalue weighted by molar-refractivity contribution is 0.602. The van der Waals surface area contributed by atoms with E-state index in [1.54, 1.807) is 24.5 Å². The fraction of sp³-hybridized carbons (Fsp3) is 0.167. The Labute approximate surface area is 166 Å². The zero-order valence-corrected chi connectivity index (χ0v) is 16.7. The van der Waals surface area contributed by atoms with E-state index in [4.69, 9.17) is 0 Å². The van der Waals surface area contributed by atoms with Crippen molar-refractivity contribution in [3.05, 3.63) is 48.3 Å². The summed E-state index contributed by atoms with van der Waals surface area (Å²) in [6.07, 6.45) is 5.91. The van der Waals surface area contributed by atoms with Crippen LogP contribution in [0.25, 0.3) is 11.2 Å². The van der Waals surface area contributed by atoms with E-state index in [0.717, 1.165) is 11.9 Å². The van der Waals surface area contributed by atoms with Gasteiger partial charge in [-0.25, -0.2) is 28.4 Å². The number of aryl methyl sites for hydroxylation is 2. The van der Waals surface area contributed by atoms with Crippen molar-refractivity contribution in [1.82, 2.24) is 29.9 Å². The number of anilines is 4. The lowest BCUT2D eigenvalue weighted by Crippen LogP contribution is -2.05. The van der Waals surface area contributed by atoms with Crippen LogP contribution in [-0.2, 0) is 9.84 Å². The topological polar surface area (TPSA) is 138 Å². The molecule has 0 bridgehead atoms. The molecule has 0 saturated heterocycles. The average molecular weight is 410 g/mol. The predicted octanol–water partition coefficient (Wildman–Crippen LogP) is 2.65. The van der Waals surface area contributed by atoms with Gasteiger partial charge < -0.3 is 15.6 Å². The van der Waals surface area contributed by atoms with Crippen molar-refractivity contribution in [2.45, 2.75) is 18.7 Å². The molecular weight excluding hydrogens is 392 g/mol. The van der Waals surface area contributed by atoms with Gasteiger partial charge in [0.1, 0.15) is 33.7 Å². The molecule has 0 unspecified atom stereocenters. The van der Waals surface area contributed by atoms with Crippen molar-refractivity contribution in [1.29, 1.82) is 0 Å². The molecule has 3 N–H and O–H groups in total. The highest BCUT2D eigenvalue weighted by atomic mass is 32.2. The lowest BCUT2D eigenvalue weighted by Gasteiger charge is -2.12. The van der Waals surface area contributed by atoms with Crippen molar-refractivity contribution < 1.29 is 8.42 Å². The molecule has 0 saturated carbocycles. The summed E-state index contributed by atoms with van der Waals surface area (Å²) < 4.78 is 24.2. The average Bonchev–Trinajstić information content (AvgIpc) is 3.04. The number of pyridine rings is 2. The van der Waals surface area contributed by atoms with Crippen LogP contribution in [0.2, 0.25) is 0 Å². The van der Waals surface area contributed by atoms with Gasteiger partial charge in [0.15, 0.2) is 15.5 Å². The molecule has 11 heteroatoms. The zero-order valence-electron chi connectivity index (χ0n) is 15.9. The van der Waals surface area contributed by atoms with Crippen LogP contribution in [0, 0.1) is 13.8 Å². The van der Waals surface area contributed by atoms with Gasteiger partial charge in [0, 0.05) is 18.5 Å². The van der Waals surface area contributed by atoms with Crippen LogP contribution >= 0.6 is 0 Å². The number of sulfone groups is 1. The Morgan fingerprint density at radius 2 is 1.83 bits per heavy atom. The smallest absolute Gasteiger partial charge is 0.179 e.